The first-order valence-corrected chi connectivity index (χ1v) is 9.96. The van der Waals surface area contributed by atoms with Crippen molar-refractivity contribution in [1.82, 2.24) is 4.90 Å². The molecule has 1 atom stereocenters. The Morgan fingerprint density at radius 1 is 0.871 bits per heavy atom. The van der Waals surface area contributed by atoms with Gasteiger partial charge in [0.25, 0.3) is 11.8 Å². The van der Waals surface area contributed by atoms with Crippen LogP contribution >= 0.6 is 0 Å². The fourth-order valence-corrected chi connectivity index (χ4v) is 4.19. The maximum absolute atomic E-state index is 13.3. The fraction of sp³-hybridized carbons (Fsp3) is 0.125. The molecule has 0 fully saturated rings. The highest BCUT2D eigenvalue weighted by Crippen LogP contribution is 2.45. The lowest BCUT2D eigenvalue weighted by molar-refractivity contribution is -0.116. The minimum Gasteiger partial charge on any atom is -0.508 e. The molecule has 2 heterocycles. The summed E-state index contributed by atoms with van der Waals surface area (Å²) in [6, 6.07) is 20.5. The molecule has 0 radical (unpaired) electrons. The van der Waals surface area contributed by atoms with Gasteiger partial charge in [-0.15, -0.1) is 0 Å². The van der Waals surface area contributed by atoms with Crippen LogP contribution in [-0.4, -0.2) is 34.3 Å². The molecule has 0 aliphatic carbocycles. The molecule has 154 valence electrons. The molecular weight excluding hydrogens is 394 g/mol. The van der Waals surface area contributed by atoms with E-state index in [1.165, 1.54) is 12.1 Å². The van der Waals surface area contributed by atoms with Gasteiger partial charge in [0, 0.05) is 29.8 Å². The number of amides is 3. The van der Waals surface area contributed by atoms with Gasteiger partial charge in [-0.25, -0.2) is 0 Å². The molecule has 0 spiro atoms. The van der Waals surface area contributed by atoms with Gasteiger partial charge in [0.2, 0.25) is 5.91 Å². The monoisotopic (exact) mass is 413 g/mol. The lowest BCUT2D eigenvalue weighted by Gasteiger charge is -2.40. The molecule has 2 aliphatic heterocycles. The van der Waals surface area contributed by atoms with Gasteiger partial charge in [-0.1, -0.05) is 30.3 Å². The first-order valence-electron chi connectivity index (χ1n) is 9.96. The van der Waals surface area contributed by atoms with E-state index < -0.39 is 6.17 Å². The van der Waals surface area contributed by atoms with E-state index in [4.69, 9.17) is 0 Å². The number of para-hydroxylation sites is 1. The number of nitrogens with zero attached hydrogens (tertiary/aromatic N) is 2. The molecule has 0 saturated carbocycles. The van der Waals surface area contributed by atoms with Gasteiger partial charge < -0.3 is 15.3 Å². The van der Waals surface area contributed by atoms with Crippen LogP contribution in [0.4, 0.5) is 11.4 Å². The summed E-state index contributed by atoms with van der Waals surface area (Å²) in [6.07, 6.45) is -0.511. The van der Waals surface area contributed by atoms with Crippen LogP contribution in [0.15, 0.2) is 72.8 Å². The number of phenolic OH excluding ortho intramolecular Hbond substituents is 1. The summed E-state index contributed by atoms with van der Waals surface area (Å²) in [5, 5.41) is 12.1. The number of fused-ring (bicyclic) bond motifs is 5. The summed E-state index contributed by atoms with van der Waals surface area (Å²) >= 11 is 0. The largest absolute Gasteiger partial charge is 0.508 e. The van der Waals surface area contributed by atoms with E-state index in [-0.39, 0.29) is 36.4 Å². The maximum atomic E-state index is 13.3. The van der Waals surface area contributed by atoms with E-state index in [0.717, 1.165) is 5.56 Å². The number of phenols is 1. The topological polar surface area (TPSA) is 90.0 Å². The molecule has 0 bridgehead atoms. The fourth-order valence-electron chi connectivity index (χ4n) is 4.19. The molecule has 7 heteroatoms. The number of nitrogens with one attached hydrogen (secondary N) is 1. The normalized spacial score (nSPS) is 16.6. The maximum Gasteiger partial charge on any atom is 0.260 e. The molecule has 31 heavy (non-hydrogen) atoms. The van der Waals surface area contributed by atoms with E-state index in [1.54, 1.807) is 58.3 Å². The lowest BCUT2D eigenvalue weighted by atomic mass is 10.0. The van der Waals surface area contributed by atoms with E-state index in [0.29, 0.717) is 22.5 Å². The zero-order valence-electron chi connectivity index (χ0n) is 16.5. The highest BCUT2D eigenvalue weighted by atomic mass is 16.3. The summed E-state index contributed by atoms with van der Waals surface area (Å²) < 4.78 is 0. The second kappa shape index (κ2) is 7.28. The highest BCUT2D eigenvalue weighted by molar-refractivity contribution is 6.16. The average molecular weight is 413 g/mol. The van der Waals surface area contributed by atoms with E-state index >= 15 is 0 Å². The Kier molecular flexibility index (Phi) is 4.43. The first kappa shape index (κ1) is 18.9. The Hall–Kier alpha value is -4.13. The number of anilines is 2. The van der Waals surface area contributed by atoms with Gasteiger partial charge in [0.1, 0.15) is 11.9 Å². The van der Waals surface area contributed by atoms with Crippen LogP contribution in [0.1, 0.15) is 38.9 Å². The predicted molar refractivity (Wildman–Crippen MR) is 115 cm³/mol. The number of carbonyl (C=O) groups excluding carboxylic acids is 3. The van der Waals surface area contributed by atoms with Gasteiger partial charge in [-0.3, -0.25) is 19.3 Å². The minimum absolute atomic E-state index is 0.0650. The Morgan fingerprint density at radius 3 is 2.32 bits per heavy atom. The third kappa shape index (κ3) is 3.11. The van der Waals surface area contributed by atoms with Crippen LogP contribution in [0.5, 0.6) is 5.75 Å². The van der Waals surface area contributed by atoms with Crippen molar-refractivity contribution in [3.05, 3.63) is 89.5 Å². The van der Waals surface area contributed by atoms with Crippen LogP contribution in [0.25, 0.3) is 0 Å². The average Bonchev–Trinajstić information content (AvgIpc) is 3.08. The smallest absolute Gasteiger partial charge is 0.260 e. The van der Waals surface area contributed by atoms with E-state index in [1.807, 2.05) is 12.1 Å². The molecule has 0 saturated heterocycles. The summed E-state index contributed by atoms with van der Waals surface area (Å²) in [4.78, 5) is 42.2. The van der Waals surface area contributed by atoms with Crippen LogP contribution in [-0.2, 0) is 4.79 Å². The van der Waals surface area contributed by atoms with E-state index in [9.17, 15) is 19.5 Å². The van der Waals surface area contributed by atoms with Crippen LogP contribution in [0.3, 0.4) is 0 Å². The SMILES string of the molecule is O=C(CCN1C(=O)c2ccccc2N2C(=O)c3ccccc3C12)Nc1ccc(O)cc1. The zero-order valence-corrected chi connectivity index (χ0v) is 16.5. The number of hydrogen-bond donors (Lipinski definition) is 2. The number of aromatic hydroxyl groups is 1. The number of hydrogen-bond acceptors (Lipinski definition) is 4. The van der Waals surface area contributed by atoms with Crippen molar-refractivity contribution in [1.29, 1.82) is 0 Å². The molecule has 3 amide bonds. The van der Waals surface area contributed by atoms with Crippen LogP contribution < -0.4 is 10.2 Å². The molecule has 3 aromatic carbocycles. The minimum atomic E-state index is -0.576. The quantitative estimate of drug-likeness (QED) is 0.641. The Bertz CT molecular complexity index is 1210. The summed E-state index contributed by atoms with van der Waals surface area (Å²) in [5.41, 5.74) is 2.91. The number of carbonyl (C=O) groups is 3. The number of rotatable bonds is 4. The van der Waals surface area contributed by atoms with Gasteiger partial charge in [-0.2, -0.15) is 0 Å². The van der Waals surface area contributed by atoms with Crippen LogP contribution in [0, 0.1) is 0 Å². The summed E-state index contributed by atoms with van der Waals surface area (Å²) in [6.45, 7) is 0.153. The Morgan fingerprint density at radius 2 is 1.55 bits per heavy atom. The second-order valence-electron chi connectivity index (χ2n) is 7.50. The molecule has 2 aliphatic rings. The van der Waals surface area contributed by atoms with Crippen molar-refractivity contribution < 1.29 is 19.5 Å². The molecule has 3 aromatic rings. The van der Waals surface area contributed by atoms with E-state index in [2.05, 4.69) is 5.32 Å². The molecule has 0 aromatic heterocycles. The highest BCUT2D eigenvalue weighted by Gasteiger charge is 2.47. The van der Waals surface area contributed by atoms with Gasteiger partial charge in [-0.05, 0) is 42.5 Å². The summed E-state index contributed by atoms with van der Waals surface area (Å²) in [7, 11) is 0. The third-order valence-corrected chi connectivity index (χ3v) is 5.61. The second-order valence-corrected chi connectivity index (χ2v) is 7.50. The standard InChI is InChI=1S/C24H19N3O4/c28-16-11-9-15(10-12-16)25-21(29)13-14-26-22-17-5-1-2-6-18(17)24(31)27(22)20-8-4-3-7-19(20)23(26)30/h1-12,22,28H,13-14H2,(H,25,29). The van der Waals surface area contributed by atoms with Crippen LogP contribution in [0.2, 0.25) is 0 Å². The molecule has 1 unspecified atom stereocenters. The van der Waals surface area contributed by atoms with Gasteiger partial charge in [0.05, 0.1) is 11.3 Å². The van der Waals surface area contributed by atoms with Crippen molar-refractivity contribution in [2.75, 3.05) is 16.8 Å². The predicted octanol–water partition coefficient (Wildman–Crippen LogP) is 3.54. The molecule has 5 rings (SSSR count). The van der Waals surface area contributed by atoms with Crippen molar-refractivity contribution in [3.8, 4) is 5.75 Å². The molecule has 2 N–H and O–H groups in total. The third-order valence-electron chi connectivity index (χ3n) is 5.61. The number of benzene rings is 3. The van der Waals surface area contributed by atoms with Crippen molar-refractivity contribution in [2.45, 2.75) is 12.6 Å². The van der Waals surface area contributed by atoms with Crippen molar-refractivity contribution in [3.63, 3.8) is 0 Å². The Balaban J connectivity index is 1.44. The molecule has 7 nitrogen and oxygen atoms in total. The Labute approximate surface area is 178 Å². The molecular formula is C24H19N3O4. The summed E-state index contributed by atoms with van der Waals surface area (Å²) in [5.74, 6) is -0.514. The van der Waals surface area contributed by atoms with Crippen molar-refractivity contribution in [2.24, 2.45) is 0 Å². The lowest BCUT2D eigenvalue weighted by Crippen LogP contribution is -2.48. The zero-order chi connectivity index (χ0) is 21.5. The van der Waals surface area contributed by atoms with Gasteiger partial charge >= 0.3 is 0 Å². The van der Waals surface area contributed by atoms with Crippen molar-refractivity contribution >= 4 is 29.1 Å². The van der Waals surface area contributed by atoms with Gasteiger partial charge in [0.15, 0.2) is 0 Å². The first-order chi connectivity index (χ1) is 15.0.